The maximum atomic E-state index is 11.0. The van der Waals surface area contributed by atoms with E-state index in [1.54, 1.807) is 0 Å². The van der Waals surface area contributed by atoms with Crippen molar-refractivity contribution in [3.05, 3.63) is 29.5 Å². The fourth-order valence-corrected chi connectivity index (χ4v) is 1.56. The molecule has 0 amide bonds. The lowest BCUT2D eigenvalue weighted by atomic mass is 10.0. The number of ether oxygens (including phenoxy) is 1. The second-order valence-corrected chi connectivity index (χ2v) is 3.61. The Morgan fingerprint density at radius 1 is 1.42 bits per heavy atom. The highest BCUT2D eigenvalue weighted by Crippen LogP contribution is 2.34. The van der Waals surface area contributed by atoms with Crippen molar-refractivity contribution in [2.45, 2.75) is 0 Å². The molecular weight excluding hydrogens is 254 g/mol. The van der Waals surface area contributed by atoms with Crippen molar-refractivity contribution in [1.29, 1.82) is 0 Å². The van der Waals surface area contributed by atoms with E-state index in [0.29, 0.717) is 6.29 Å². The molecule has 0 aliphatic rings. The fraction of sp³-hybridized carbons (Fsp3) is 0.0833. The number of aromatic carboxylic acids is 1. The van der Waals surface area contributed by atoms with Gasteiger partial charge in [0.1, 0.15) is 0 Å². The van der Waals surface area contributed by atoms with Crippen LogP contribution in [0.5, 0.6) is 11.5 Å². The van der Waals surface area contributed by atoms with Crippen molar-refractivity contribution < 1.29 is 29.1 Å². The largest absolute Gasteiger partial charge is 0.504 e. The molecule has 7 nitrogen and oxygen atoms in total. The van der Waals surface area contributed by atoms with Gasteiger partial charge in [0.2, 0.25) is 0 Å². The molecule has 0 radical (unpaired) electrons. The van der Waals surface area contributed by atoms with Gasteiger partial charge in [-0.25, -0.2) is 4.79 Å². The topological polar surface area (TPSA) is 110 Å². The van der Waals surface area contributed by atoms with Gasteiger partial charge in [-0.2, -0.15) is 0 Å². The monoisotopic (exact) mass is 263 g/mol. The molecule has 0 aliphatic carbocycles. The molecule has 7 heteroatoms. The molecule has 1 aromatic heterocycles. The van der Waals surface area contributed by atoms with Crippen molar-refractivity contribution in [2.75, 3.05) is 7.11 Å². The number of carbonyl (C=O) groups excluding carboxylic acids is 1. The van der Waals surface area contributed by atoms with Gasteiger partial charge in [-0.15, -0.1) is 0 Å². The maximum absolute atomic E-state index is 11.0. The van der Waals surface area contributed by atoms with E-state index in [4.69, 9.17) is 14.4 Å². The third kappa shape index (κ3) is 2.25. The van der Waals surface area contributed by atoms with Gasteiger partial charge in [0, 0.05) is 17.2 Å². The van der Waals surface area contributed by atoms with E-state index in [9.17, 15) is 14.7 Å². The molecule has 0 saturated heterocycles. The first-order valence-electron chi connectivity index (χ1n) is 5.13. The SMILES string of the molecule is COc1cc(C=O)c(-c2cc(C(=O)O)no2)cc1O. The molecule has 0 spiro atoms. The average Bonchev–Trinajstić information content (AvgIpc) is 2.88. The number of carboxylic acid groups (broad SMARTS) is 1. The normalized spacial score (nSPS) is 10.2. The molecular formula is C12H9NO6. The average molecular weight is 263 g/mol. The molecule has 1 heterocycles. The molecule has 0 bridgehead atoms. The Morgan fingerprint density at radius 2 is 2.16 bits per heavy atom. The van der Waals surface area contributed by atoms with Gasteiger partial charge in [0.05, 0.1) is 7.11 Å². The first-order chi connectivity index (χ1) is 9.06. The van der Waals surface area contributed by atoms with Gasteiger partial charge in [-0.3, -0.25) is 4.79 Å². The molecule has 0 fully saturated rings. The van der Waals surface area contributed by atoms with Crippen LogP contribution in [0.1, 0.15) is 20.8 Å². The van der Waals surface area contributed by atoms with Crippen molar-refractivity contribution >= 4 is 12.3 Å². The molecule has 19 heavy (non-hydrogen) atoms. The van der Waals surface area contributed by atoms with Gasteiger partial charge >= 0.3 is 5.97 Å². The molecule has 98 valence electrons. The van der Waals surface area contributed by atoms with Crippen molar-refractivity contribution in [3.8, 4) is 22.8 Å². The molecule has 2 N–H and O–H groups in total. The maximum Gasteiger partial charge on any atom is 0.358 e. The summed E-state index contributed by atoms with van der Waals surface area (Å²) in [4.78, 5) is 21.7. The molecule has 2 aromatic rings. The Hall–Kier alpha value is -2.83. The molecule has 0 unspecified atom stereocenters. The highest BCUT2D eigenvalue weighted by atomic mass is 16.5. The summed E-state index contributed by atoms with van der Waals surface area (Å²) in [5.41, 5.74) is 0.123. The minimum Gasteiger partial charge on any atom is -0.504 e. The van der Waals surface area contributed by atoms with Gasteiger partial charge in [0.25, 0.3) is 0 Å². The van der Waals surface area contributed by atoms with E-state index in [2.05, 4.69) is 5.16 Å². The summed E-state index contributed by atoms with van der Waals surface area (Å²) in [5, 5.41) is 21.8. The number of carboxylic acids is 1. The Kier molecular flexibility index (Phi) is 3.19. The summed E-state index contributed by atoms with van der Waals surface area (Å²) in [7, 11) is 1.35. The number of phenols is 1. The Morgan fingerprint density at radius 3 is 2.68 bits per heavy atom. The van der Waals surface area contributed by atoms with Crippen LogP contribution in [-0.2, 0) is 0 Å². The number of methoxy groups -OCH3 is 1. The molecule has 0 saturated carbocycles. The first kappa shape index (κ1) is 12.6. The predicted molar refractivity (Wildman–Crippen MR) is 62.5 cm³/mol. The van der Waals surface area contributed by atoms with Crippen LogP contribution in [0.3, 0.4) is 0 Å². The number of hydrogen-bond donors (Lipinski definition) is 2. The zero-order valence-corrected chi connectivity index (χ0v) is 9.78. The third-order valence-electron chi connectivity index (χ3n) is 2.47. The summed E-state index contributed by atoms with van der Waals surface area (Å²) in [5.74, 6) is -1.25. The minimum atomic E-state index is -1.25. The van der Waals surface area contributed by atoms with Gasteiger partial charge in [0.15, 0.2) is 29.2 Å². The van der Waals surface area contributed by atoms with Crippen molar-refractivity contribution in [2.24, 2.45) is 0 Å². The van der Waals surface area contributed by atoms with Crippen LogP contribution < -0.4 is 4.74 Å². The lowest BCUT2D eigenvalue weighted by Crippen LogP contribution is -1.94. The highest BCUT2D eigenvalue weighted by Gasteiger charge is 2.17. The minimum absolute atomic E-state index is 0.0671. The molecule has 0 atom stereocenters. The number of hydrogen-bond acceptors (Lipinski definition) is 6. The lowest BCUT2D eigenvalue weighted by Gasteiger charge is -2.06. The van der Waals surface area contributed by atoms with E-state index in [1.807, 2.05) is 0 Å². The van der Waals surface area contributed by atoms with Crippen LogP contribution in [0.25, 0.3) is 11.3 Å². The number of phenolic OH excluding ortho intramolecular Hbond substituents is 1. The van der Waals surface area contributed by atoms with Gasteiger partial charge in [-0.05, 0) is 12.1 Å². The van der Waals surface area contributed by atoms with Crippen LogP contribution in [0, 0.1) is 0 Å². The number of aromatic hydroxyl groups is 1. The Labute approximate surface area is 107 Å². The zero-order chi connectivity index (χ0) is 14.0. The first-order valence-corrected chi connectivity index (χ1v) is 5.13. The van der Waals surface area contributed by atoms with Crippen LogP contribution in [0.15, 0.2) is 22.7 Å². The van der Waals surface area contributed by atoms with Crippen LogP contribution in [0.2, 0.25) is 0 Å². The van der Waals surface area contributed by atoms with E-state index >= 15 is 0 Å². The highest BCUT2D eigenvalue weighted by molar-refractivity contribution is 5.90. The molecule has 1 aromatic carbocycles. The summed E-state index contributed by atoms with van der Waals surface area (Å²) >= 11 is 0. The Balaban J connectivity index is 2.57. The van der Waals surface area contributed by atoms with Crippen molar-refractivity contribution in [1.82, 2.24) is 5.16 Å². The third-order valence-corrected chi connectivity index (χ3v) is 2.47. The summed E-state index contributed by atoms with van der Waals surface area (Å²) in [6, 6.07) is 3.73. The number of aromatic nitrogens is 1. The lowest BCUT2D eigenvalue weighted by molar-refractivity contribution is 0.0685. The van der Waals surface area contributed by atoms with E-state index in [0.717, 1.165) is 6.07 Å². The zero-order valence-electron chi connectivity index (χ0n) is 9.78. The van der Waals surface area contributed by atoms with Crippen LogP contribution >= 0.6 is 0 Å². The number of aldehydes is 1. The molecule has 0 aliphatic heterocycles. The smallest absolute Gasteiger partial charge is 0.358 e. The second kappa shape index (κ2) is 4.81. The quantitative estimate of drug-likeness (QED) is 0.805. The number of carbonyl (C=O) groups is 2. The standard InChI is InChI=1S/C12H9NO6/c1-18-11-2-6(5-14)7(3-9(11)15)10-4-8(12(16)17)13-19-10/h2-5,15H,1H3,(H,16,17). The summed E-state index contributed by atoms with van der Waals surface area (Å²) in [6.07, 6.45) is 0.542. The van der Waals surface area contributed by atoms with Crippen LogP contribution in [0.4, 0.5) is 0 Å². The summed E-state index contributed by atoms with van der Waals surface area (Å²) < 4.78 is 9.71. The Bertz CT molecular complexity index is 646. The number of nitrogens with zero attached hydrogens (tertiary/aromatic N) is 1. The van der Waals surface area contributed by atoms with Gasteiger partial charge in [-0.1, -0.05) is 5.16 Å². The van der Waals surface area contributed by atoms with Crippen LogP contribution in [-0.4, -0.2) is 34.7 Å². The van der Waals surface area contributed by atoms with E-state index in [-0.39, 0.29) is 34.1 Å². The number of rotatable bonds is 4. The predicted octanol–water partition coefficient (Wildman–Crippen LogP) is 1.57. The van der Waals surface area contributed by atoms with Crippen molar-refractivity contribution in [3.63, 3.8) is 0 Å². The second-order valence-electron chi connectivity index (χ2n) is 3.61. The number of benzene rings is 1. The van der Waals surface area contributed by atoms with E-state index in [1.165, 1.54) is 19.2 Å². The summed E-state index contributed by atoms with van der Waals surface area (Å²) in [6.45, 7) is 0. The van der Waals surface area contributed by atoms with Gasteiger partial charge < -0.3 is 19.5 Å². The molecule has 2 rings (SSSR count). The van der Waals surface area contributed by atoms with E-state index < -0.39 is 5.97 Å². The fourth-order valence-electron chi connectivity index (χ4n) is 1.56.